The van der Waals surface area contributed by atoms with Gasteiger partial charge in [0.25, 0.3) is 0 Å². The van der Waals surface area contributed by atoms with E-state index in [0.717, 1.165) is 19.4 Å². The molecule has 1 rings (SSSR count). The van der Waals surface area contributed by atoms with E-state index in [0.29, 0.717) is 12.8 Å². The molecule has 0 aromatic heterocycles. The molecule has 1 fully saturated rings. The second kappa shape index (κ2) is 6.40. The highest BCUT2D eigenvalue weighted by Crippen LogP contribution is 2.23. The SMILES string of the molecule is CCC(CC(C)N1CCCC1=O)C(=O)OC(C)(C)C. The van der Waals surface area contributed by atoms with Crippen LogP contribution >= 0.6 is 0 Å². The van der Waals surface area contributed by atoms with Gasteiger partial charge in [0.05, 0.1) is 5.92 Å². The zero-order valence-electron chi connectivity index (χ0n) is 12.9. The molecule has 1 amide bonds. The van der Waals surface area contributed by atoms with Crippen LogP contribution in [-0.2, 0) is 14.3 Å². The first kappa shape index (κ1) is 16.0. The Morgan fingerprint density at radius 3 is 2.47 bits per heavy atom. The number of amides is 1. The zero-order chi connectivity index (χ0) is 14.6. The van der Waals surface area contributed by atoms with Crippen LogP contribution in [0.5, 0.6) is 0 Å². The zero-order valence-corrected chi connectivity index (χ0v) is 12.9. The van der Waals surface area contributed by atoms with Crippen molar-refractivity contribution in [2.45, 2.75) is 71.9 Å². The summed E-state index contributed by atoms with van der Waals surface area (Å²) < 4.78 is 5.44. The lowest BCUT2D eigenvalue weighted by Crippen LogP contribution is -2.38. The van der Waals surface area contributed by atoms with Crippen molar-refractivity contribution in [2.75, 3.05) is 6.54 Å². The third-order valence-electron chi connectivity index (χ3n) is 3.50. The highest BCUT2D eigenvalue weighted by atomic mass is 16.6. The number of hydrogen-bond acceptors (Lipinski definition) is 3. The summed E-state index contributed by atoms with van der Waals surface area (Å²) in [6, 6.07) is 0.118. The van der Waals surface area contributed by atoms with Gasteiger partial charge in [-0.2, -0.15) is 0 Å². The molecule has 0 N–H and O–H groups in total. The molecule has 1 aliphatic rings. The van der Waals surface area contributed by atoms with E-state index in [4.69, 9.17) is 4.74 Å². The third kappa shape index (κ3) is 4.84. The van der Waals surface area contributed by atoms with Gasteiger partial charge in [0.2, 0.25) is 5.91 Å². The van der Waals surface area contributed by atoms with Crippen molar-refractivity contribution in [1.29, 1.82) is 0 Å². The van der Waals surface area contributed by atoms with Crippen LogP contribution in [0.3, 0.4) is 0 Å². The summed E-state index contributed by atoms with van der Waals surface area (Å²) in [5.41, 5.74) is -0.447. The van der Waals surface area contributed by atoms with E-state index >= 15 is 0 Å². The van der Waals surface area contributed by atoms with Crippen molar-refractivity contribution in [3.05, 3.63) is 0 Å². The first-order valence-electron chi connectivity index (χ1n) is 7.27. The van der Waals surface area contributed by atoms with Crippen LogP contribution in [0.2, 0.25) is 0 Å². The summed E-state index contributed by atoms with van der Waals surface area (Å²) in [4.78, 5) is 25.7. The van der Waals surface area contributed by atoms with E-state index in [1.807, 2.05) is 39.5 Å². The lowest BCUT2D eigenvalue weighted by atomic mass is 9.97. The van der Waals surface area contributed by atoms with E-state index in [9.17, 15) is 9.59 Å². The Bertz CT molecular complexity index is 333. The molecule has 0 aromatic rings. The maximum Gasteiger partial charge on any atom is 0.309 e. The lowest BCUT2D eigenvalue weighted by Gasteiger charge is -2.29. The maximum absolute atomic E-state index is 12.1. The monoisotopic (exact) mass is 269 g/mol. The van der Waals surface area contributed by atoms with Crippen LogP contribution in [0.1, 0.15) is 60.3 Å². The van der Waals surface area contributed by atoms with Gasteiger partial charge < -0.3 is 9.64 Å². The Kier molecular flexibility index (Phi) is 5.39. The van der Waals surface area contributed by atoms with Crippen molar-refractivity contribution in [3.63, 3.8) is 0 Å². The number of carbonyl (C=O) groups is 2. The Morgan fingerprint density at radius 2 is 2.05 bits per heavy atom. The predicted molar refractivity (Wildman–Crippen MR) is 74.7 cm³/mol. The Balaban J connectivity index is 2.56. The summed E-state index contributed by atoms with van der Waals surface area (Å²) in [7, 11) is 0. The molecule has 4 heteroatoms. The molecule has 4 nitrogen and oxygen atoms in total. The van der Waals surface area contributed by atoms with Crippen LogP contribution in [0.25, 0.3) is 0 Å². The molecule has 2 unspecified atom stereocenters. The van der Waals surface area contributed by atoms with Gasteiger partial charge in [-0.15, -0.1) is 0 Å². The third-order valence-corrected chi connectivity index (χ3v) is 3.50. The highest BCUT2D eigenvalue weighted by Gasteiger charge is 2.30. The van der Waals surface area contributed by atoms with Gasteiger partial charge in [-0.05, 0) is 47.0 Å². The summed E-state index contributed by atoms with van der Waals surface area (Å²) >= 11 is 0. The summed E-state index contributed by atoms with van der Waals surface area (Å²) in [6.45, 7) is 10.5. The van der Waals surface area contributed by atoms with Crippen molar-refractivity contribution in [3.8, 4) is 0 Å². The lowest BCUT2D eigenvalue weighted by molar-refractivity contribution is -0.161. The number of likely N-dealkylation sites (tertiary alicyclic amines) is 1. The minimum Gasteiger partial charge on any atom is -0.460 e. The van der Waals surface area contributed by atoms with Gasteiger partial charge in [0.15, 0.2) is 0 Å². The molecule has 0 bridgehead atoms. The van der Waals surface area contributed by atoms with Crippen molar-refractivity contribution in [2.24, 2.45) is 5.92 Å². The number of nitrogens with zero attached hydrogens (tertiary/aromatic N) is 1. The van der Waals surface area contributed by atoms with Gasteiger partial charge in [-0.3, -0.25) is 9.59 Å². The summed E-state index contributed by atoms with van der Waals surface area (Å²) in [5, 5.41) is 0. The maximum atomic E-state index is 12.1. The average molecular weight is 269 g/mol. The predicted octanol–water partition coefficient (Wildman–Crippen LogP) is 2.76. The highest BCUT2D eigenvalue weighted by molar-refractivity contribution is 5.78. The first-order valence-corrected chi connectivity index (χ1v) is 7.27. The molecule has 0 saturated carbocycles. The number of ether oxygens (including phenoxy) is 1. The fourth-order valence-electron chi connectivity index (χ4n) is 2.49. The second-order valence-electron chi connectivity index (χ2n) is 6.41. The van der Waals surface area contributed by atoms with Gasteiger partial charge in [-0.25, -0.2) is 0 Å². The topological polar surface area (TPSA) is 46.6 Å². The molecular weight excluding hydrogens is 242 g/mol. The van der Waals surface area contributed by atoms with Crippen LogP contribution < -0.4 is 0 Å². The Morgan fingerprint density at radius 1 is 1.42 bits per heavy atom. The van der Waals surface area contributed by atoms with E-state index in [-0.39, 0.29) is 23.8 Å². The molecule has 0 aliphatic carbocycles. The van der Waals surface area contributed by atoms with Crippen LogP contribution in [0.15, 0.2) is 0 Å². The van der Waals surface area contributed by atoms with E-state index < -0.39 is 5.60 Å². The molecule has 1 heterocycles. The molecule has 1 saturated heterocycles. The van der Waals surface area contributed by atoms with Crippen molar-refractivity contribution in [1.82, 2.24) is 4.90 Å². The van der Waals surface area contributed by atoms with E-state index in [1.165, 1.54) is 0 Å². The Hall–Kier alpha value is -1.06. The smallest absolute Gasteiger partial charge is 0.309 e. The fraction of sp³-hybridized carbons (Fsp3) is 0.867. The van der Waals surface area contributed by atoms with Gasteiger partial charge in [0.1, 0.15) is 5.60 Å². The molecule has 0 spiro atoms. The molecule has 110 valence electrons. The van der Waals surface area contributed by atoms with Crippen LogP contribution in [-0.4, -0.2) is 35.0 Å². The van der Waals surface area contributed by atoms with Gasteiger partial charge >= 0.3 is 5.97 Å². The largest absolute Gasteiger partial charge is 0.460 e. The normalized spacial score (nSPS) is 19.4. The van der Waals surface area contributed by atoms with E-state index in [1.54, 1.807) is 0 Å². The number of hydrogen-bond donors (Lipinski definition) is 0. The second-order valence-corrected chi connectivity index (χ2v) is 6.41. The molecular formula is C15H27NO3. The quantitative estimate of drug-likeness (QED) is 0.721. The van der Waals surface area contributed by atoms with E-state index in [2.05, 4.69) is 0 Å². The summed E-state index contributed by atoms with van der Waals surface area (Å²) in [5.74, 6) is -0.0531. The molecule has 19 heavy (non-hydrogen) atoms. The van der Waals surface area contributed by atoms with Crippen molar-refractivity contribution >= 4 is 11.9 Å². The fourth-order valence-corrected chi connectivity index (χ4v) is 2.49. The van der Waals surface area contributed by atoms with Crippen LogP contribution in [0, 0.1) is 5.92 Å². The van der Waals surface area contributed by atoms with Gasteiger partial charge in [0, 0.05) is 19.0 Å². The molecule has 0 aromatic carbocycles. The molecule has 0 radical (unpaired) electrons. The minimum atomic E-state index is -0.447. The molecule has 1 aliphatic heterocycles. The minimum absolute atomic E-state index is 0.118. The van der Waals surface area contributed by atoms with Gasteiger partial charge in [-0.1, -0.05) is 6.92 Å². The van der Waals surface area contributed by atoms with Crippen molar-refractivity contribution < 1.29 is 14.3 Å². The standard InChI is InChI=1S/C15H27NO3/c1-6-12(14(18)19-15(3,4)5)10-11(2)16-9-7-8-13(16)17/h11-12H,6-10H2,1-5H3. The van der Waals surface area contributed by atoms with Crippen LogP contribution in [0.4, 0.5) is 0 Å². The average Bonchev–Trinajstić information content (AvgIpc) is 2.69. The summed E-state index contributed by atoms with van der Waals surface area (Å²) in [6.07, 6.45) is 3.03. The number of rotatable bonds is 5. The number of esters is 1. The number of carbonyl (C=O) groups excluding carboxylic acids is 2. The Labute approximate surface area is 116 Å². The molecule has 2 atom stereocenters. The first-order chi connectivity index (χ1) is 8.74.